The molecular weight excluding hydrogens is 488 g/mol. The average Bonchev–Trinajstić information content (AvgIpc) is 3.53. The molecule has 2 aliphatic carbocycles. The normalized spacial score (nSPS) is 22.2. The fourth-order valence-electron chi connectivity index (χ4n) is 7.54. The van der Waals surface area contributed by atoms with Gasteiger partial charge in [0, 0.05) is 21.8 Å². The van der Waals surface area contributed by atoms with Crippen molar-refractivity contribution in [2.75, 3.05) is 0 Å². The zero-order chi connectivity index (χ0) is 26.7. The van der Waals surface area contributed by atoms with Gasteiger partial charge >= 0.3 is 0 Å². The second-order valence-corrected chi connectivity index (χ2v) is 12.1. The molecule has 6 aromatic rings. The Morgan fingerprint density at radius 2 is 1.27 bits per heavy atom. The summed E-state index contributed by atoms with van der Waals surface area (Å²) >= 11 is 0. The molecule has 0 radical (unpaired) electrons. The van der Waals surface area contributed by atoms with Gasteiger partial charge in [-0.2, -0.15) is 9.97 Å². The summed E-state index contributed by atoms with van der Waals surface area (Å²) in [4.78, 5) is 15.7. The molecule has 2 saturated carbocycles. The topological polar surface area (TPSA) is 43.6 Å². The van der Waals surface area contributed by atoms with Gasteiger partial charge in [0.25, 0.3) is 0 Å². The van der Waals surface area contributed by atoms with Gasteiger partial charge in [-0.1, -0.05) is 111 Å². The van der Waals surface area contributed by atoms with E-state index in [1.165, 1.54) is 41.2 Å². The molecule has 2 bridgehead atoms. The number of aromatic nitrogens is 4. The highest BCUT2D eigenvalue weighted by molar-refractivity contribution is 6.10. The molecule has 0 aliphatic heterocycles. The molecule has 4 aromatic carbocycles. The first kappa shape index (κ1) is 23.6. The largest absolute Gasteiger partial charge is 0.278 e. The molecule has 0 unspecified atom stereocenters. The van der Waals surface area contributed by atoms with Crippen molar-refractivity contribution in [1.82, 2.24) is 19.5 Å². The lowest BCUT2D eigenvalue weighted by Crippen LogP contribution is -2.33. The van der Waals surface area contributed by atoms with Gasteiger partial charge in [0.2, 0.25) is 5.95 Å². The highest BCUT2D eigenvalue weighted by atomic mass is 15.2. The van der Waals surface area contributed by atoms with Gasteiger partial charge in [-0.15, -0.1) is 0 Å². The van der Waals surface area contributed by atoms with Crippen LogP contribution in [0.3, 0.4) is 0 Å². The lowest BCUT2D eigenvalue weighted by molar-refractivity contribution is 0.221. The third-order valence-corrected chi connectivity index (χ3v) is 9.30. The standard InChI is InChI=1S/C36H32N4/c1-36(22-24-16-17-25(20-24)23-36)34-37-33(27-12-6-3-7-13-27)38-35(39-34)40-31-15-9-8-14-29(31)30-19-18-28(21-32(30)40)26-10-4-2-5-11-26/h2-15,18-19,21,24-25H,16-17,20,22-23H2,1H3/t24-,25-/m1/s1. The summed E-state index contributed by atoms with van der Waals surface area (Å²) < 4.78 is 2.26. The molecule has 0 N–H and O–H groups in total. The second kappa shape index (κ2) is 9.12. The van der Waals surface area contributed by atoms with Crippen molar-refractivity contribution in [3.05, 3.63) is 109 Å². The highest BCUT2D eigenvalue weighted by Crippen LogP contribution is 2.51. The fraction of sp³-hybridized carbons (Fsp3) is 0.250. The Bertz CT molecular complexity index is 1840. The van der Waals surface area contributed by atoms with E-state index >= 15 is 0 Å². The fourth-order valence-corrected chi connectivity index (χ4v) is 7.54. The third-order valence-electron chi connectivity index (χ3n) is 9.30. The summed E-state index contributed by atoms with van der Waals surface area (Å²) in [6, 6.07) is 36.3. The molecule has 4 heteroatoms. The molecule has 4 nitrogen and oxygen atoms in total. The van der Waals surface area contributed by atoms with Crippen molar-refractivity contribution in [2.24, 2.45) is 11.8 Å². The van der Waals surface area contributed by atoms with Crippen LogP contribution in [-0.4, -0.2) is 19.5 Å². The predicted molar refractivity (Wildman–Crippen MR) is 162 cm³/mol. The summed E-state index contributed by atoms with van der Waals surface area (Å²) in [6.45, 7) is 2.39. The SMILES string of the molecule is CC1(c2nc(-c3ccccc3)nc(-n3c4ccccc4c4ccc(-c5ccccc5)cc43)n2)C[C@@H]2CC[C@H](C2)C1. The van der Waals surface area contributed by atoms with Crippen molar-refractivity contribution < 1.29 is 0 Å². The van der Waals surface area contributed by atoms with E-state index < -0.39 is 0 Å². The van der Waals surface area contributed by atoms with E-state index in [0.717, 1.165) is 52.9 Å². The number of rotatable bonds is 4. The Kier molecular flexibility index (Phi) is 5.38. The zero-order valence-corrected chi connectivity index (χ0v) is 22.8. The predicted octanol–water partition coefficient (Wildman–Crippen LogP) is 8.77. The molecule has 2 aliphatic rings. The molecule has 2 heterocycles. The van der Waals surface area contributed by atoms with Gasteiger partial charge in [-0.3, -0.25) is 4.57 Å². The number of hydrogen-bond acceptors (Lipinski definition) is 3. The zero-order valence-electron chi connectivity index (χ0n) is 22.8. The van der Waals surface area contributed by atoms with Crippen LogP contribution >= 0.6 is 0 Å². The molecular formula is C36H32N4. The molecule has 2 aromatic heterocycles. The van der Waals surface area contributed by atoms with Gasteiger partial charge in [0.15, 0.2) is 5.82 Å². The summed E-state index contributed by atoms with van der Waals surface area (Å²) in [5.41, 5.74) is 5.61. The highest BCUT2D eigenvalue weighted by Gasteiger charge is 2.44. The first-order valence-electron chi connectivity index (χ1n) is 14.6. The van der Waals surface area contributed by atoms with E-state index in [2.05, 4.69) is 109 Å². The second-order valence-electron chi connectivity index (χ2n) is 12.1. The van der Waals surface area contributed by atoms with Crippen LogP contribution in [0.2, 0.25) is 0 Å². The van der Waals surface area contributed by atoms with Crippen LogP contribution < -0.4 is 0 Å². The molecule has 0 spiro atoms. The summed E-state index contributed by atoms with van der Waals surface area (Å²) in [5.74, 6) is 3.97. The maximum atomic E-state index is 5.34. The number of nitrogens with zero attached hydrogens (tertiary/aromatic N) is 4. The minimum absolute atomic E-state index is 0.0424. The van der Waals surface area contributed by atoms with Crippen LogP contribution in [0.15, 0.2) is 103 Å². The monoisotopic (exact) mass is 520 g/mol. The third kappa shape index (κ3) is 3.85. The van der Waals surface area contributed by atoms with Crippen molar-refractivity contribution in [2.45, 2.75) is 44.4 Å². The first-order valence-corrected chi connectivity index (χ1v) is 14.6. The van der Waals surface area contributed by atoms with E-state index in [4.69, 9.17) is 15.0 Å². The molecule has 0 saturated heterocycles. The van der Waals surface area contributed by atoms with Crippen molar-refractivity contribution in [3.63, 3.8) is 0 Å². The molecule has 2 fully saturated rings. The summed E-state index contributed by atoms with van der Waals surface area (Å²) in [6.07, 6.45) is 6.38. The Balaban J connectivity index is 1.39. The lowest BCUT2D eigenvalue weighted by atomic mass is 9.70. The van der Waals surface area contributed by atoms with E-state index in [1.54, 1.807) is 0 Å². The van der Waals surface area contributed by atoms with E-state index in [-0.39, 0.29) is 5.41 Å². The molecule has 196 valence electrons. The Hall–Kier alpha value is -4.31. The van der Waals surface area contributed by atoms with Gasteiger partial charge in [-0.25, -0.2) is 4.98 Å². The van der Waals surface area contributed by atoms with Crippen molar-refractivity contribution >= 4 is 21.8 Å². The smallest absolute Gasteiger partial charge is 0.238 e. The quantitative estimate of drug-likeness (QED) is 0.233. The van der Waals surface area contributed by atoms with Crippen LogP contribution in [0.5, 0.6) is 0 Å². The number of para-hydroxylation sites is 1. The Morgan fingerprint density at radius 1 is 0.625 bits per heavy atom. The average molecular weight is 521 g/mol. The van der Waals surface area contributed by atoms with Gasteiger partial charge < -0.3 is 0 Å². The summed E-state index contributed by atoms with van der Waals surface area (Å²) in [7, 11) is 0. The molecule has 2 atom stereocenters. The lowest BCUT2D eigenvalue weighted by Gasteiger charge is -2.36. The molecule has 8 rings (SSSR count). The Morgan fingerprint density at radius 3 is 2.02 bits per heavy atom. The van der Waals surface area contributed by atoms with Gasteiger partial charge in [-0.05, 0) is 54.4 Å². The van der Waals surface area contributed by atoms with Gasteiger partial charge in [0.1, 0.15) is 5.82 Å². The number of benzene rings is 4. The van der Waals surface area contributed by atoms with Crippen LogP contribution in [-0.2, 0) is 5.41 Å². The van der Waals surface area contributed by atoms with Crippen LogP contribution in [0.25, 0.3) is 50.3 Å². The van der Waals surface area contributed by atoms with E-state index in [1.807, 2.05) is 6.07 Å². The van der Waals surface area contributed by atoms with Crippen molar-refractivity contribution in [3.8, 4) is 28.5 Å². The van der Waals surface area contributed by atoms with Crippen LogP contribution in [0, 0.1) is 11.8 Å². The Labute approximate surface area is 234 Å². The number of hydrogen-bond donors (Lipinski definition) is 0. The van der Waals surface area contributed by atoms with E-state index in [9.17, 15) is 0 Å². The molecule has 0 amide bonds. The maximum absolute atomic E-state index is 5.34. The minimum Gasteiger partial charge on any atom is -0.278 e. The van der Waals surface area contributed by atoms with Crippen molar-refractivity contribution in [1.29, 1.82) is 0 Å². The summed E-state index contributed by atoms with van der Waals surface area (Å²) in [5, 5.41) is 2.42. The van der Waals surface area contributed by atoms with Crippen LogP contribution in [0.1, 0.15) is 44.9 Å². The first-order chi connectivity index (χ1) is 19.6. The minimum atomic E-state index is -0.0424. The van der Waals surface area contributed by atoms with Gasteiger partial charge in [0.05, 0.1) is 11.0 Å². The molecule has 40 heavy (non-hydrogen) atoms. The maximum Gasteiger partial charge on any atom is 0.238 e. The number of fused-ring (bicyclic) bond motifs is 5. The van der Waals surface area contributed by atoms with E-state index in [0.29, 0.717) is 5.95 Å². The van der Waals surface area contributed by atoms with Crippen LogP contribution in [0.4, 0.5) is 0 Å².